The number of anilines is 2. The van der Waals surface area contributed by atoms with Crippen LogP contribution >= 0.6 is 0 Å². The lowest BCUT2D eigenvalue weighted by atomic mass is 10.0. The summed E-state index contributed by atoms with van der Waals surface area (Å²) in [5.74, 6) is 3.78. The SMILES string of the molecule is CC(C)CCCCCCNc1cc(N)nc(C2CC2)n1. The first-order valence-corrected chi connectivity index (χ1v) is 8.03. The summed E-state index contributed by atoms with van der Waals surface area (Å²) >= 11 is 0. The van der Waals surface area contributed by atoms with Crippen molar-refractivity contribution in [2.24, 2.45) is 5.92 Å². The van der Waals surface area contributed by atoms with Gasteiger partial charge in [-0.25, -0.2) is 9.97 Å². The van der Waals surface area contributed by atoms with E-state index in [1.807, 2.05) is 6.07 Å². The van der Waals surface area contributed by atoms with Gasteiger partial charge in [0.15, 0.2) is 0 Å². The van der Waals surface area contributed by atoms with Crippen LogP contribution in [0.1, 0.15) is 70.5 Å². The predicted molar refractivity (Wildman–Crippen MR) is 84.8 cm³/mol. The first kappa shape index (κ1) is 15.1. The maximum absolute atomic E-state index is 5.83. The van der Waals surface area contributed by atoms with Crippen molar-refractivity contribution in [3.8, 4) is 0 Å². The third-order valence-corrected chi connectivity index (χ3v) is 3.72. The fourth-order valence-corrected chi connectivity index (χ4v) is 2.35. The highest BCUT2D eigenvalue weighted by molar-refractivity contribution is 5.45. The number of hydrogen-bond donors (Lipinski definition) is 2. The van der Waals surface area contributed by atoms with Crippen molar-refractivity contribution in [2.45, 2.75) is 64.7 Å². The molecule has 0 aromatic carbocycles. The number of hydrogen-bond acceptors (Lipinski definition) is 4. The van der Waals surface area contributed by atoms with Crippen LogP contribution in [0.3, 0.4) is 0 Å². The van der Waals surface area contributed by atoms with Crippen molar-refractivity contribution in [1.29, 1.82) is 0 Å². The standard InChI is InChI=1S/C16H28N4/c1-12(2)7-5-3-4-6-10-18-15-11-14(17)19-16(20-15)13-8-9-13/h11-13H,3-10H2,1-2H3,(H3,17,18,19,20). The minimum Gasteiger partial charge on any atom is -0.384 e. The molecule has 112 valence electrons. The highest BCUT2D eigenvalue weighted by atomic mass is 15.1. The van der Waals surface area contributed by atoms with E-state index < -0.39 is 0 Å². The minimum absolute atomic E-state index is 0.551. The maximum Gasteiger partial charge on any atom is 0.136 e. The van der Waals surface area contributed by atoms with Crippen LogP contribution in [0.15, 0.2) is 6.07 Å². The topological polar surface area (TPSA) is 63.8 Å². The van der Waals surface area contributed by atoms with Crippen LogP contribution in [0.2, 0.25) is 0 Å². The van der Waals surface area contributed by atoms with E-state index in [0.717, 1.165) is 24.1 Å². The fourth-order valence-electron chi connectivity index (χ4n) is 2.35. The zero-order valence-corrected chi connectivity index (χ0v) is 12.9. The van der Waals surface area contributed by atoms with Crippen LogP contribution in [0.4, 0.5) is 11.6 Å². The summed E-state index contributed by atoms with van der Waals surface area (Å²) < 4.78 is 0. The molecular formula is C16H28N4. The second-order valence-electron chi connectivity index (χ2n) is 6.33. The van der Waals surface area contributed by atoms with Gasteiger partial charge in [0, 0.05) is 18.5 Å². The Morgan fingerprint density at radius 1 is 1.20 bits per heavy atom. The van der Waals surface area contributed by atoms with Crippen LogP contribution < -0.4 is 11.1 Å². The fraction of sp³-hybridized carbons (Fsp3) is 0.750. The second-order valence-corrected chi connectivity index (χ2v) is 6.33. The molecule has 3 N–H and O–H groups in total. The molecule has 4 heteroatoms. The van der Waals surface area contributed by atoms with Gasteiger partial charge in [-0.1, -0.05) is 39.5 Å². The summed E-state index contributed by atoms with van der Waals surface area (Å²) in [6, 6.07) is 1.84. The van der Waals surface area contributed by atoms with E-state index in [9.17, 15) is 0 Å². The Morgan fingerprint density at radius 2 is 1.95 bits per heavy atom. The van der Waals surface area contributed by atoms with Crippen molar-refractivity contribution < 1.29 is 0 Å². The van der Waals surface area contributed by atoms with Gasteiger partial charge < -0.3 is 11.1 Å². The monoisotopic (exact) mass is 276 g/mol. The number of aromatic nitrogens is 2. The van der Waals surface area contributed by atoms with E-state index in [2.05, 4.69) is 29.1 Å². The molecular weight excluding hydrogens is 248 g/mol. The van der Waals surface area contributed by atoms with Gasteiger partial charge in [0.25, 0.3) is 0 Å². The smallest absolute Gasteiger partial charge is 0.136 e. The van der Waals surface area contributed by atoms with Crippen molar-refractivity contribution >= 4 is 11.6 Å². The van der Waals surface area contributed by atoms with Gasteiger partial charge in [0.2, 0.25) is 0 Å². The van der Waals surface area contributed by atoms with Gasteiger partial charge in [0.05, 0.1) is 0 Å². The molecule has 20 heavy (non-hydrogen) atoms. The normalized spacial score (nSPS) is 14.8. The molecule has 0 aliphatic heterocycles. The molecule has 0 bridgehead atoms. The molecule has 1 aliphatic carbocycles. The lowest BCUT2D eigenvalue weighted by Gasteiger charge is -2.08. The van der Waals surface area contributed by atoms with Crippen LogP contribution in [-0.4, -0.2) is 16.5 Å². The largest absolute Gasteiger partial charge is 0.384 e. The first-order valence-electron chi connectivity index (χ1n) is 8.03. The average Bonchev–Trinajstić information content (AvgIpc) is 3.21. The van der Waals surface area contributed by atoms with E-state index in [1.165, 1.54) is 44.9 Å². The van der Waals surface area contributed by atoms with Crippen LogP contribution in [-0.2, 0) is 0 Å². The molecule has 0 amide bonds. The van der Waals surface area contributed by atoms with E-state index in [-0.39, 0.29) is 0 Å². The number of unbranched alkanes of at least 4 members (excludes halogenated alkanes) is 3. The molecule has 1 saturated carbocycles. The quantitative estimate of drug-likeness (QED) is 0.670. The molecule has 0 saturated heterocycles. The Labute approximate surface area is 122 Å². The highest BCUT2D eigenvalue weighted by Gasteiger charge is 2.27. The number of nitrogens with zero attached hydrogens (tertiary/aromatic N) is 2. The number of nitrogens with one attached hydrogen (secondary N) is 1. The third-order valence-electron chi connectivity index (χ3n) is 3.72. The van der Waals surface area contributed by atoms with Gasteiger partial charge in [-0.05, 0) is 25.2 Å². The number of nitrogens with two attached hydrogens (primary N) is 1. The number of nitrogen functional groups attached to an aromatic ring is 1. The van der Waals surface area contributed by atoms with Crippen molar-refractivity contribution in [3.63, 3.8) is 0 Å². The summed E-state index contributed by atoms with van der Waals surface area (Å²) in [5, 5.41) is 3.38. The zero-order valence-electron chi connectivity index (χ0n) is 12.9. The first-order chi connectivity index (χ1) is 9.65. The summed E-state index contributed by atoms with van der Waals surface area (Å²) in [5.41, 5.74) is 5.83. The van der Waals surface area contributed by atoms with Crippen molar-refractivity contribution in [3.05, 3.63) is 11.9 Å². The molecule has 1 aromatic heterocycles. The summed E-state index contributed by atoms with van der Waals surface area (Å²) in [4.78, 5) is 8.86. The van der Waals surface area contributed by atoms with Gasteiger partial charge in [-0.2, -0.15) is 0 Å². The molecule has 0 spiro atoms. The number of rotatable bonds is 9. The van der Waals surface area contributed by atoms with Gasteiger partial charge in [0.1, 0.15) is 17.5 Å². The lowest BCUT2D eigenvalue weighted by Crippen LogP contribution is -2.07. The van der Waals surface area contributed by atoms with Gasteiger partial charge in [-0.15, -0.1) is 0 Å². The summed E-state index contributed by atoms with van der Waals surface area (Å²) in [6.07, 6.45) is 8.93. The molecule has 2 rings (SSSR count). The Bertz CT molecular complexity index is 413. The van der Waals surface area contributed by atoms with Crippen molar-refractivity contribution in [1.82, 2.24) is 9.97 Å². The van der Waals surface area contributed by atoms with Gasteiger partial charge in [-0.3, -0.25) is 0 Å². The molecule has 1 aliphatic rings. The Balaban J connectivity index is 1.64. The van der Waals surface area contributed by atoms with Crippen LogP contribution in [0.5, 0.6) is 0 Å². The molecule has 4 nitrogen and oxygen atoms in total. The Kier molecular flexibility index (Phi) is 5.62. The molecule has 1 aromatic rings. The highest BCUT2D eigenvalue weighted by Crippen LogP contribution is 2.38. The van der Waals surface area contributed by atoms with E-state index in [4.69, 9.17) is 5.73 Å². The lowest BCUT2D eigenvalue weighted by molar-refractivity contribution is 0.523. The predicted octanol–water partition coefficient (Wildman–Crippen LogP) is 3.95. The molecule has 1 heterocycles. The van der Waals surface area contributed by atoms with Crippen LogP contribution in [0.25, 0.3) is 0 Å². The summed E-state index contributed by atoms with van der Waals surface area (Å²) in [7, 11) is 0. The maximum atomic E-state index is 5.83. The average molecular weight is 276 g/mol. The van der Waals surface area contributed by atoms with Gasteiger partial charge >= 0.3 is 0 Å². The molecule has 0 radical (unpaired) electrons. The zero-order chi connectivity index (χ0) is 14.4. The van der Waals surface area contributed by atoms with E-state index >= 15 is 0 Å². The Hall–Kier alpha value is -1.32. The molecule has 0 unspecified atom stereocenters. The Morgan fingerprint density at radius 3 is 2.65 bits per heavy atom. The van der Waals surface area contributed by atoms with E-state index in [1.54, 1.807) is 0 Å². The van der Waals surface area contributed by atoms with Crippen molar-refractivity contribution in [2.75, 3.05) is 17.6 Å². The summed E-state index contributed by atoms with van der Waals surface area (Å²) in [6.45, 7) is 5.55. The molecule has 0 atom stereocenters. The minimum atomic E-state index is 0.551. The second kappa shape index (κ2) is 7.46. The molecule has 1 fully saturated rings. The van der Waals surface area contributed by atoms with Crippen LogP contribution in [0, 0.1) is 5.92 Å². The third kappa shape index (κ3) is 5.35. The van der Waals surface area contributed by atoms with E-state index in [0.29, 0.717) is 11.7 Å².